The molecule has 0 bridgehead atoms. The fraction of sp³-hybridized carbons (Fsp3) is 0.417. The first-order chi connectivity index (χ1) is 10.5. The van der Waals surface area contributed by atoms with Crippen LogP contribution in [0.2, 0.25) is 10.0 Å². The number of halogens is 2. The first-order valence-corrected chi connectivity index (χ1v) is 9.02. The summed E-state index contributed by atoms with van der Waals surface area (Å²) < 4.78 is 29.6. The first-order valence-electron chi connectivity index (χ1n) is 6.45. The first kappa shape index (κ1) is 17.8. The highest BCUT2D eigenvalue weighted by Crippen LogP contribution is 2.30. The van der Waals surface area contributed by atoms with E-state index in [1.807, 2.05) is 13.8 Å². The standard InChI is InChI=1S/C12H14Cl2N4O4S/c1-6(2)17-7(3)16-18(12(17)19)10-8(13)5-9(14)11(15-10)22-23(4,20)21/h5-6H,1-4H3. The molecule has 2 aromatic rings. The monoisotopic (exact) mass is 380 g/mol. The molecule has 0 saturated carbocycles. The van der Waals surface area contributed by atoms with E-state index in [1.54, 1.807) is 6.92 Å². The second-order valence-electron chi connectivity index (χ2n) is 5.07. The molecular formula is C12H14Cl2N4O4S. The van der Waals surface area contributed by atoms with Gasteiger partial charge in [0.2, 0.25) is 0 Å². The fourth-order valence-electron chi connectivity index (χ4n) is 2.00. The van der Waals surface area contributed by atoms with Crippen LogP contribution >= 0.6 is 23.2 Å². The molecule has 11 heteroatoms. The molecule has 0 spiro atoms. The number of aryl methyl sites for hydroxylation is 1. The average Bonchev–Trinajstić information content (AvgIpc) is 2.66. The lowest BCUT2D eigenvalue weighted by atomic mass is 10.4. The Morgan fingerprint density at radius 1 is 1.26 bits per heavy atom. The number of nitrogens with zero attached hydrogens (tertiary/aromatic N) is 4. The van der Waals surface area contributed by atoms with Gasteiger partial charge in [0.15, 0.2) is 5.82 Å². The molecule has 0 radical (unpaired) electrons. The third-order valence-electron chi connectivity index (χ3n) is 2.81. The van der Waals surface area contributed by atoms with E-state index >= 15 is 0 Å². The highest BCUT2D eigenvalue weighted by molar-refractivity contribution is 7.86. The van der Waals surface area contributed by atoms with Crippen molar-refractivity contribution in [2.75, 3.05) is 6.26 Å². The van der Waals surface area contributed by atoms with E-state index in [2.05, 4.69) is 10.1 Å². The molecule has 2 aromatic heterocycles. The summed E-state index contributed by atoms with van der Waals surface area (Å²) in [5.74, 6) is 0.0165. The highest BCUT2D eigenvalue weighted by atomic mass is 35.5. The van der Waals surface area contributed by atoms with Crippen LogP contribution in [0.3, 0.4) is 0 Å². The third-order valence-corrected chi connectivity index (χ3v) is 3.82. The second kappa shape index (κ2) is 6.14. The van der Waals surface area contributed by atoms with E-state index in [9.17, 15) is 13.2 Å². The van der Waals surface area contributed by atoms with Crippen molar-refractivity contribution < 1.29 is 12.6 Å². The van der Waals surface area contributed by atoms with Crippen LogP contribution in [0.15, 0.2) is 10.9 Å². The molecule has 8 nitrogen and oxygen atoms in total. The molecule has 2 heterocycles. The van der Waals surface area contributed by atoms with Gasteiger partial charge in [-0.2, -0.15) is 18.1 Å². The van der Waals surface area contributed by atoms with E-state index in [0.29, 0.717) is 5.82 Å². The molecule has 0 saturated heterocycles. The van der Waals surface area contributed by atoms with Crippen LogP contribution in [0, 0.1) is 6.92 Å². The molecule has 0 unspecified atom stereocenters. The predicted octanol–water partition coefficient (Wildman–Crippen LogP) is 1.96. The minimum absolute atomic E-state index is 0.0337. The molecule has 0 fully saturated rings. The quantitative estimate of drug-likeness (QED) is 0.752. The topological polar surface area (TPSA) is 96.1 Å². The van der Waals surface area contributed by atoms with Gasteiger partial charge in [0.05, 0.1) is 11.3 Å². The summed E-state index contributed by atoms with van der Waals surface area (Å²) in [6.45, 7) is 5.32. The van der Waals surface area contributed by atoms with Gasteiger partial charge in [0.25, 0.3) is 5.88 Å². The minimum atomic E-state index is -3.84. The average molecular weight is 381 g/mol. The van der Waals surface area contributed by atoms with Crippen molar-refractivity contribution in [2.24, 2.45) is 0 Å². The lowest BCUT2D eigenvalue weighted by Crippen LogP contribution is -2.26. The Balaban J connectivity index is 2.68. The van der Waals surface area contributed by atoms with Gasteiger partial charge in [0, 0.05) is 6.04 Å². The summed E-state index contributed by atoms with van der Waals surface area (Å²) in [7, 11) is -3.84. The molecule has 0 aliphatic heterocycles. The molecule has 0 aliphatic rings. The summed E-state index contributed by atoms with van der Waals surface area (Å²) in [5, 5.41) is 4.04. The zero-order valence-corrected chi connectivity index (χ0v) is 15.1. The van der Waals surface area contributed by atoms with Gasteiger partial charge in [-0.1, -0.05) is 23.2 Å². The molecule has 0 N–H and O–H groups in total. The normalized spacial score (nSPS) is 12.0. The molecule has 2 rings (SSSR count). The van der Waals surface area contributed by atoms with Crippen molar-refractivity contribution in [3.8, 4) is 11.7 Å². The predicted molar refractivity (Wildman–Crippen MR) is 86.2 cm³/mol. The highest BCUT2D eigenvalue weighted by Gasteiger charge is 2.20. The van der Waals surface area contributed by atoms with Crippen LogP contribution in [0.5, 0.6) is 5.88 Å². The Morgan fingerprint density at radius 3 is 2.35 bits per heavy atom. The van der Waals surface area contributed by atoms with Gasteiger partial charge < -0.3 is 4.18 Å². The lowest BCUT2D eigenvalue weighted by molar-refractivity contribution is 0.481. The molecule has 23 heavy (non-hydrogen) atoms. The van der Waals surface area contributed by atoms with E-state index in [-0.39, 0.29) is 27.8 Å². The number of aromatic nitrogens is 4. The summed E-state index contributed by atoms with van der Waals surface area (Å²) in [5.41, 5.74) is -0.459. The van der Waals surface area contributed by atoms with Crippen molar-refractivity contribution in [1.29, 1.82) is 0 Å². The van der Waals surface area contributed by atoms with Crippen molar-refractivity contribution in [1.82, 2.24) is 19.3 Å². The van der Waals surface area contributed by atoms with Gasteiger partial charge in [0.1, 0.15) is 10.8 Å². The maximum Gasteiger partial charge on any atom is 0.352 e. The van der Waals surface area contributed by atoms with E-state index in [0.717, 1.165) is 10.9 Å². The van der Waals surface area contributed by atoms with Crippen molar-refractivity contribution >= 4 is 33.3 Å². The van der Waals surface area contributed by atoms with Crippen LogP contribution in [0.4, 0.5) is 0 Å². The molecule has 0 aromatic carbocycles. The lowest BCUT2D eigenvalue weighted by Gasteiger charge is -2.08. The van der Waals surface area contributed by atoms with Crippen LogP contribution in [-0.2, 0) is 10.1 Å². The summed E-state index contributed by atoms with van der Waals surface area (Å²) >= 11 is 11.9. The van der Waals surface area contributed by atoms with E-state index in [1.165, 1.54) is 10.6 Å². The van der Waals surface area contributed by atoms with E-state index < -0.39 is 15.8 Å². The largest absolute Gasteiger partial charge is 0.360 e. The van der Waals surface area contributed by atoms with Gasteiger partial charge in [-0.25, -0.2) is 4.79 Å². The fourth-order valence-corrected chi connectivity index (χ4v) is 2.94. The zero-order valence-electron chi connectivity index (χ0n) is 12.7. The Bertz CT molecular complexity index is 918. The zero-order chi connectivity index (χ0) is 17.5. The minimum Gasteiger partial charge on any atom is -0.360 e. The summed E-state index contributed by atoms with van der Waals surface area (Å²) in [4.78, 5) is 16.4. The van der Waals surface area contributed by atoms with Gasteiger partial charge in [-0.15, -0.1) is 5.10 Å². The molecule has 0 aliphatic carbocycles. The number of hydrogen-bond acceptors (Lipinski definition) is 6. The summed E-state index contributed by atoms with van der Waals surface area (Å²) in [6, 6.07) is 1.12. The number of pyridine rings is 1. The third kappa shape index (κ3) is 3.67. The summed E-state index contributed by atoms with van der Waals surface area (Å²) in [6.07, 6.45) is 0.850. The van der Waals surface area contributed by atoms with Crippen molar-refractivity contribution in [2.45, 2.75) is 26.8 Å². The van der Waals surface area contributed by atoms with Crippen LogP contribution < -0.4 is 9.87 Å². The van der Waals surface area contributed by atoms with Crippen LogP contribution in [0.25, 0.3) is 5.82 Å². The molecular weight excluding hydrogens is 367 g/mol. The maximum absolute atomic E-state index is 12.4. The van der Waals surface area contributed by atoms with Gasteiger partial charge in [-0.05, 0) is 26.8 Å². The number of hydrogen-bond donors (Lipinski definition) is 0. The van der Waals surface area contributed by atoms with Crippen molar-refractivity contribution in [3.63, 3.8) is 0 Å². The Labute approximate surface area is 142 Å². The van der Waals surface area contributed by atoms with Crippen LogP contribution in [0.1, 0.15) is 25.7 Å². The molecule has 126 valence electrons. The van der Waals surface area contributed by atoms with Gasteiger partial charge >= 0.3 is 15.8 Å². The van der Waals surface area contributed by atoms with E-state index in [4.69, 9.17) is 27.4 Å². The Hall–Kier alpha value is -1.58. The number of rotatable bonds is 4. The molecule has 0 amide bonds. The van der Waals surface area contributed by atoms with Crippen LogP contribution in [-0.4, -0.2) is 34.0 Å². The van der Waals surface area contributed by atoms with Gasteiger partial charge in [-0.3, -0.25) is 4.57 Å². The molecule has 0 atom stereocenters. The second-order valence-corrected chi connectivity index (χ2v) is 7.46. The van der Waals surface area contributed by atoms with Crippen molar-refractivity contribution in [3.05, 3.63) is 32.4 Å². The Morgan fingerprint density at radius 2 is 1.87 bits per heavy atom. The Kier molecular flexibility index (Phi) is 4.74. The SMILES string of the molecule is Cc1nn(-c2nc(OS(C)(=O)=O)c(Cl)cc2Cl)c(=O)n1C(C)C. The maximum atomic E-state index is 12.4. The smallest absolute Gasteiger partial charge is 0.352 e.